The fraction of sp³-hybridized carbons (Fsp3) is 0.533. The number of nitrogens with one attached hydrogen (secondary N) is 2. The van der Waals surface area contributed by atoms with Gasteiger partial charge in [-0.1, -0.05) is 6.07 Å². The molecule has 0 atom stereocenters. The highest BCUT2D eigenvalue weighted by Crippen LogP contribution is 2.33. The number of ether oxygens (including phenoxy) is 2. The second-order valence-corrected chi connectivity index (χ2v) is 10.8. The van der Waals surface area contributed by atoms with Gasteiger partial charge in [0.25, 0.3) is 5.91 Å². The number of hydrogen-bond acceptors (Lipinski definition) is 6. The molecule has 0 aromatic heterocycles. The quantitative estimate of drug-likeness (QED) is 0.626. The van der Waals surface area contributed by atoms with E-state index in [4.69, 9.17) is 9.47 Å². The molecule has 7 heteroatoms. The maximum absolute atomic E-state index is 13.7. The minimum atomic E-state index is 0.0394. The Morgan fingerprint density at radius 1 is 0.784 bits per heavy atom. The molecule has 2 saturated heterocycles. The average Bonchev–Trinajstić information content (AvgIpc) is 2.92. The molecule has 0 unspecified atom stereocenters. The largest absolute Gasteiger partial charge is 0.490 e. The summed E-state index contributed by atoms with van der Waals surface area (Å²) < 4.78 is 12.6. The predicted octanol–water partition coefficient (Wildman–Crippen LogP) is 3.67. The summed E-state index contributed by atoms with van der Waals surface area (Å²) in [5, 5.41) is 6.74. The van der Waals surface area contributed by atoms with Gasteiger partial charge in [0.1, 0.15) is 23.7 Å². The number of fused-ring (bicyclic) bond motifs is 2. The molecule has 3 heterocycles. The van der Waals surface area contributed by atoms with E-state index < -0.39 is 0 Å². The molecule has 2 N–H and O–H groups in total. The summed E-state index contributed by atoms with van der Waals surface area (Å²) in [4.78, 5) is 28.4. The van der Waals surface area contributed by atoms with Crippen molar-refractivity contribution in [2.24, 2.45) is 0 Å². The highest BCUT2D eigenvalue weighted by molar-refractivity contribution is 5.99. The molecule has 1 amide bonds. The van der Waals surface area contributed by atoms with Crippen molar-refractivity contribution in [3.05, 3.63) is 58.1 Å². The lowest BCUT2D eigenvalue weighted by Gasteiger charge is -2.31. The van der Waals surface area contributed by atoms with Crippen LogP contribution in [0.25, 0.3) is 0 Å². The lowest BCUT2D eigenvalue weighted by molar-refractivity contribution is 0.0724. The van der Waals surface area contributed by atoms with Crippen LogP contribution >= 0.6 is 0 Å². The number of nitrogens with zero attached hydrogens (tertiary/aromatic N) is 1. The van der Waals surface area contributed by atoms with Crippen molar-refractivity contribution in [1.29, 1.82) is 0 Å². The minimum Gasteiger partial charge on any atom is -0.490 e. The van der Waals surface area contributed by atoms with Gasteiger partial charge < -0.3 is 25.0 Å². The van der Waals surface area contributed by atoms with Crippen molar-refractivity contribution in [2.75, 3.05) is 32.7 Å². The molecule has 2 aromatic rings. The van der Waals surface area contributed by atoms with Gasteiger partial charge in [0.15, 0.2) is 5.78 Å². The van der Waals surface area contributed by atoms with Gasteiger partial charge in [0, 0.05) is 30.6 Å². The van der Waals surface area contributed by atoms with Gasteiger partial charge in [-0.05, 0) is 112 Å². The average molecular weight is 504 g/mol. The number of ketones is 1. The Bertz CT molecular complexity index is 1170. The Labute approximate surface area is 218 Å². The molecular weight excluding hydrogens is 466 g/mol. The summed E-state index contributed by atoms with van der Waals surface area (Å²) >= 11 is 0. The van der Waals surface area contributed by atoms with E-state index in [9.17, 15) is 9.59 Å². The van der Waals surface area contributed by atoms with Crippen LogP contribution in [-0.4, -0.2) is 61.5 Å². The maximum Gasteiger partial charge on any atom is 0.254 e. The first-order chi connectivity index (χ1) is 18.1. The summed E-state index contributed by atoms with van der Waals surface area (Å²) in [6.45, 7) is 5.00. The summed E-state index contributed by atoms with van der Waals surface area (Å²) in [5.41, 5.74) is 4.75. The molecule has 196 valence electrons. The van der Waals surface area contributed by atoms with Crippen LogP contribution in [0.15, 0.2) is 30.3 Å². The molecule has 0 bridgehead atoms. The van der Waals surface area contributed by atoms with Crippen LogP contribution in [0.1, 0.15) is 75.9 Å². The molecule has 2 aromatic carbocycles. The van der Waals surface area contributed by atoms with Gasteiger partial charge in [-0.3, -0.25) is 9.59 Å². The third-order valence-electron chi connectivity index (χ3n) is 8.24. The maximum atomic E-state index is 13.7. The summed E-state index contributed by atoms with van der Waals surface area (Å²) in [6, 6.07) is 10.0. The number of hydrogen-bond donors (Lipinski definition) is 2. The normalized spacial score (nSPS) is 20.9. The third kappa shape index (κ3) is 5.39. The van der Waals surface area contributed by atoms with Crippen LogP contribution in [0.2, 0.25) is 0 Å². The number of benzene rings is 2. The summed E-state index contributed by atoms with van der Waals surface area (Å²) in [7, 11) is 0. The SMILES string of the molecule is O=C1CCCc2c(CN3CCc4ccc(OC5CCNCC5)cc4C3=O)cc(OC3CCNCC3)cc21. The Balaban J connectivity index is 1.23. The van der Waals surface area contributed by atoms with Crippen LogP contribution in [-0.2, 0) is 19.4 Å². The molecule has 3 aliphatic heterocycles. The Hall–Kier alpha value is -2.90. The van der Waals surface area contributed by atoms with Gasteiger partial charge in [0.05, 0.1) is 0 Å². The highest BCUT2D eigenvalue weighted by Gasteiger charge is 2.29. The van der Waals surface area contributed by atoms with E-state index in [0.29, 0.717) is 19.5 Å². The van der Waals surface area contributed by atoms with E-state index in [0.717, 1.165) is 110 Å². The zero-order chi connectivity index (χ0) is 25.2. The second kappa shape index (κ2) is 10.8. The van der Waals surface area contributed by atoms with E-state index in [1.807, 2.05) is 23.1 Å². The Kier molecular flexibility index (Phi) is 7.16. The minimum absolute atomic E-state index is 0.0394. The standard InChI is InChI=1S/C30H37N3O4/c34-29-3-1-2-26-21(16-25(18-28(26)29)37-23-8-13-32-14-9-23)19-33-15-10-20-4-5-24(17-27(20)30(33)35)36-22-6-11-31-12-7-22/h4-5,16-18,22-23,31-32H,1-3,6-15,19H2. The van der Waals surface area contributed by atoms with Crippen LogP contribution in [0, 0.1) is 0 Å². The van der Waals surface area contributed by atoms with Gasteiger partial charge in [0.2, 0.25) is 0 Å². The van der Waals surface area contributed by atoms with E-state index in [1.54, 1.807) is 0 Å². The monoisotopic (exact) mass is 503 g/mol. The lowest BCUT2D eigenvalue weighted by Crippen LogP contribution is -2.38. The van der Waals surface area contributed by atoms with Crippen LogP contribution in [0.3, 0.4) is 0 Å². The third-order valence-corrected chi connectivity index (χ3v) is 8.24. The summed E-state index contributed by atoms with van der Waals surface area (Å²) in [6.07, 6.45) is 7.38. The number of rotatable bonds is 6. The van der Waals surface area contributed by atoms with Gasteiger partial charge >= 0.3 is 0 Å². The lowest BCUT2D eigenvalue weighted by atomic mass is 9.86. The zero-order valence-corrected chi connectivity index (χ0v) is 21.5. The first-order valence-electron chi connectivity index (χ1n) is 14.0. The molecule has 1 aliphatic carbocycles. The van der Waals surface area contributed by atoms with E-state index in [2.05, 4.69) is 22.8 Å². The van der Waals surface area contributed by atoms with Gasteiger partial charge in [-0.15, -0.1) is 0 Å². The van der Waals surface area contributed by atoms with E-state index in [1.165, 1.54) is 0 Å². The Morgan fingerprint density at radius 3 is 2.19 bits per heavy atom. The zero-order valence-electron chi connectivity index (χ0n) is 21.5. The van der Waals surface area contributed by atoms with Crippen LogP contribution < -0.4 is 20.1 Å². The predicted molar refractivity (Wildman–Crippen MR) is 142 cm³/mol. The molecule has 6 rings (SSSR count). The molecule has 4 aliphatic rings. The van der Waals surface area contributed by atoms with Gasteiger partial charge in [-0.25, -0.2) is 0 Å². The van der Waals surface area contributed by atoms with Crippen molar-refractivity contribution in [2.45, 2.75) is 70.1 Å². The molecule has 0 spiro atoms. The van der Waals surface area contributed by atoms with Crippen molar-refractivity contribution < 1.29 is 19.1 Å². The number of Topliss-reactive ketones (excluding diaryl/α,β-unsaturated/α-hetero) is 1. The number of piperidine rings is 2. The Morgan fingerprint density at radius 2 is 1.46 bits per heavy atom. The fourth-order valence-electron chi connectivity index (χ4n) is 6.16. The molecule has 7 nitrogen and oxygen atoms in total. The van der Waals surface area contributed by atoms with Crippen molar-refractivity contribution in [1.82, 2.24) is 15.5 Å². The fourth-order valence-corrected chi connectivity index (χ4v) is 6.16. The van der Waals surface area contributed by atoms with Crippen molar-refractivity contribution in [3.8, 4) is 11.5 Å². The topological polar surface area (TPSA) is 79.9 Å². The molecule has 37 heavy (non-hydrogen) atoms. The summed E-state index contributed by atoms with van der Waals surface area (Å²) in [5.74, 6) is 1.77. The van der Waals surface area contributed by atoms with Crippen LogP contribution in [0.4, 0.5) is 0 Å². The second-order valence-electron chi connectivity index (χ2n) is 10.8. The first-order valence-corrected chi connectivity index (χ1v) is 14.0. The molecule has 0 saturated carbocycles. The highest BCUT2D eigenvalue weighted by atomic mass is 16.5. The molecule has 2 fully saturated rings. The van der Waals surface area contributed by atoms with Crippen molar-refractivity contribution in [3.63, 3.8) is 0 Å². The number of carbonyl (C=O) groups excluding carboxylic acids is 2. The number of carbonyl (C=O) groups is 2. The first kappa shape index (κ1) is 24.4. The number of amides is 1. The van der Waals surface area contributed by atoms with E-state index in [-0.39, 0.29) is 23.9 Å². The van der Waals surface area contributed by atoms with E-state index >= 15 is 0 Å². The van der Waals surface area contributed by atoms with Crippen LogP contribution in [0.5, 0.6) is 11.5 Å². The smallest absolute Gasteiger partial charge is 0.254 e. The van der Waals surface area contributed by atoms with Crippen molar-refractivity contribution >= 4 is 11.7 Å². The molecule has 0 radical (unpaired) electrons. The molecular formula is C30H37N3O4. The van der Waals surface area contributed by atoms with Gasteiger partial charge in [-0.2, -0.15) is 0 Å².